The van der Waals surface area contributed by atoms with Gasteiger partial charge in [-0.15, -0.1) is 0 Å². The zero-order chi connectivity index (χ0) is 16.3. The molecule has 2 rings (SSSR count). The van der Waals surface area contributed by atoms with Gasteiger partial charge in [-0.1, -0.05) is 29.8 Å². The number of ketones is 1. The summed E-state index contributed by atoms with van der Waals surface area (Å²) in [5.74, 6) is 0.0950. The summed E-state index contributed by atoms with van der Waals surface area (Å²) in [6.07, 6.45) is 0.618. The van der Waals surface area contributed by atoms with E-state index in [-0.39, 0.29) is 5.78 Å². The molecule has 2 aromatic rings. The van der Waals surface area contributed by atoms with Crippen molar-refractivity contribution in [1.82, 2.24) is 0 Å². The molecule has 0 atom stereocenters. The van der Waals surface area contributed by atoms with Gasteiger partial charge in [-0.05, 0) is 42.2 Å². The van der Waals surface area contributed by atoms with Crippen molar-refractivity contribution < 1.29 is 4.79 Å². The predicted octanol–water partition coefficient (Wildman–Crippen LogP) is 2.28. The number of Topliss-reactive ketones (excluding diaryl/α,β-unsaturated/α-hetero) is 1. The summed E-state index contributed by atoms with van der Waals surface area (Å²) in [6, 6.07) is 9.57. The second-order valence-corrected chi connectivity index (χ2v) is 5.78. The van der Waals surface area contributed by atoms with Crippen LogP contribution < -0.4 is 17.2 Å². The average molecular weight is 297 g/mol. The lowest BCUT2D eigenvalue weighted by Gasteiger charge is -2.11. The molecule has 0 spiro atoms. The topological polar surface area (TPSA) is 95.1 Å². The lowest BCUT2D eigenvalue weighted by Crippen LogP contribution is -2.11. The monoisotopic (exact) mass is 297 g/mol. The third kappa shape index (κ3) is 3.65. The highest BCUT2D eigenvalue weighted by atomic mass is 16.1. The van der Waals surface area contributed by atoms with Gasteiger partial charge in [0.1, 0.15) is 5.78 Å². The number of hydrogen-bond acceptors (Lipinski definition) is 4. The smallest absolute Gasteiger partial charge is 0.141 e. The van der Waals surface area contributed by atoms with E-state index >= 15 is 0 Å². The molecule has 22 heavy (non-hydrogen) atoms. The van der Waals surface area contributed by atoms with Gasteiger partial charge in [-0.2, -0.15) is 0 Å². The zero-order valence-electron chi connectivity index (χ0n) is 13.1. The van der Waals surface area contributed by atoms with Crippen molar-refractivity contribution in [2.75, 3.05) is 11.5 Å². The molecule has 0 aliphatic heterocycles. The van der Waals surface area contributed by atoms with Crippen molar-refractivity contribution >= 4 is 17.2 Å². The van der Waals surface area contributed by atoms with Gasteiger partial charge in [0.05, 0.1) is 0 Å². The molecule has 0 aliphatic carbocycles. The third-order valence-electron chi connectivity index (χ3n) is 3.84. The van der Waals surface area contributed by atoms with Crippen LogP contribution in [0.2, 0.25) is 0 Å². The van der Waals surface area contributed by atoms with E-state index in [1.165, 1.54) is 0 Å². The summed E-state index contributed by atoms with van der Waals surface area (Å²) in [7, 11) is 0. The number of carbonyl (C=O) groups excluding carboxylic acids is 1. The van der Waals surface area contributed by atoms with E-state index in [1.54, 1.807) is 6.07 Å². The zero-order valence-corrected chi connectivity index (χ0v) is 13.1. The maximum atomic E-state index is 12.4. The number of nitrogen functional groups attached to an aromatic ring is 2. The fourth-order valence-corrected chi connectivity index (χ4v) is 2.64. The summed E-state index contributed by atoms with van der Waals surface area (Å²) in [4.78, 5) is 12.4. The van der Waals surface area contributed by atoms with Crippen LogP contribution >= 0.6 is 0 Å². The molecular weight excluding hydrogens is 274 g/mol. The van der Waals surface area contributed by atoms with E-state index in [2.05, 4.69) is 0 Å². The molecule has 0 aliphatic rings. The first-order chi connectivity index (χ1) is 10.4. The van der Waals surface area contributed by atoms with E-state index in [4.69, 9.17) is 17.2 Å². The minimum absolute atomic E-state index is 0.0950. The minimum Gasteiger partial charge on any atom is -0.398 e. The van der Waals surface area contributed by atoms with E-state index in [9.17, 15) is 4.79 Å². The Hall–Kier alpha value is -2.33. The highest BCUT2D eigenvalue weighted by Gasteiger charge is 2.12. The Bertz CT molecular complexity index is 708. The van der Waals surface area contributed by atoms with Gasteiger partial charge in [0.2, 0.25) is 0 Å². The fourth-order valence-electron chi connectivity index (χ4n) is 2.64. The highest BCUT2D eigenvalue weighted by Crippen LogP contribution is 2.21. The van der Waals surface area contributed by atoms with Gasteiger partial charge in [0.25, 0.3) is 0 Å². The quantitative estimate of drug-likeness (QED) is 0.738. The van der Waals surface area contributed by atoms with Crippen molar-refractivity contribution in [2.45, 2.75) is 33.2 Å². The van der Waals surface area contributed by atoms with Crippen LogP contribution in [0.3, 0.4) is 0 Å². The van der Waals surface area contributed by atoms with Crippen molar-refractivity contribution in [1.29, 1.82) is 0 Å². The van der Waals surface area contributed by atoms with Crippen LogP contribution in [0.5, 0.6) is 0 Å². The van der Waals surface area contributed by atoms with Gasteiger partial charge in [0.15, 0.2) is 0 Å². The molecule has 0 saturated heterocycles. The first kappa shape index (κ1) is 16.0. The number of nitrogens with two attached hydrogens (primary N) is 3. The average Bonchev–Trinajstić information content (AvgIpc) is 2.46. The molecule has 0 fully saturated rings. The number of benzene rings is 2. The number of carbonyl (C=O) groups is 1. The number of rotatable bonds is 5. The van der Waals surface area contributed by atoms with Gasteiger partial charge < -0.3 is 17.2 Å². The van der Waals surface area contributed by atoms with Crippen molar-refractivity contribution in [3.05, 3.63) is 58.1 Å². The van der Waals surface area contributed by atoms with Gasteiger partial charge in [-0.3, -0.25) is 4.79 Å². The summed E-state index contributed by atoms with van der Waals surface area (Å²) in [6.45, 7) is 4.40. The third-order valence-corrected chi connectivity index (χ3v) is 3.84. The van der Waals surface area contributed by atoms with Crippen LogP contribution in [0.4, 0.5) is 11.4 Å². The number of aryl methyl sites for hydroxylation is 2. The van der Waals surface area contributed by atoms with E-state index in [0.29, 0.717) is 30.8 Å². The molecule has 116 valence electrons. The summed E-state index contributed by atoms with van der Waals surface area (Å²) >= 11 is 0. The summed E-state index contributed by atoms with van der Waals surface area (Å²) < 4.78 is 0. The molecule has 6 N–H and O–H groups in total. The second-order valence-electron chi connectivity index (χ2n) is 5.78. The lowest BCUT2D eigenvalue weighted by molar-refractivity contribution is -0.117. The highest BCUT2D eigenvalue weighted by molar-refractivity contribution is 5.86. The van der Waals surface area contributed by atoms with E-state index < -0.39 is 0 Å². The van der Waals surface area contributed by atoms with Crippen LogP contribution in [0.1, 0.15) is 27.8 Å². The Kier molecular flexibility index (Phi) is 4.83. The minimum atomic E-state index is 0.0950. The number of anilines is 2. The predicted molar refractivity (Wildman–Crippen MR) is 91.5 cm³/mol. The molecule has 0 saturated carbocycles. The molecule has 4 nitrogen and oxygen atoms in total. The van der Waals surface area contributed by atoms with Crippen LogP contribution in [0.15, 0.2) is 30.3 Å². The molecule has 0 unspecified atom stereocenters. The van der Waals surface area contributed by atoms with Gasteiger partial charge in [-0.25, -0.2) is 0 Å². The maximum absolute atomic E-state index is 12.4. The van der Waals surface area contributed by atoms with Crippen LogP contribution in [0, 0.1) is 13.8 Å². The Balaban J connectivity index is 2.17. The Morgan fingerprint density at radius 1 is 1.00 bits per heavy atom. The van der Waals surface area contributed by atoms with Crippen LogP contribution in [-0.2, 0) is 24.2 Å². The fraction of sp³-hybridized carbons (Fsp3) is 0.278. The lowest BCUT2D eigenvalue weighted by atomic mass is 9.96. The van der Waals surface area contributed by atoms with Crippen molar-refractivity contribution in [3.63, 3.8) is 0 Å². The molecule has 0 aromatic heterocycles. The first-order valence-corrected chi connectivity index (χ1v) is 7.35. The molecule has 4 heteroatoms. The second kappa shape index (κ2) is 6.62. The molecular formula is C18H23N3O. The Morgan fingerprint density at radius 3 is 2.36 bits per heavy atom. The van der Waals surface area contributed by atoms with Crippen LogP contribution in [-0.4, -0.2) is 5.78 Å². The molecule has 0 heterocycles. The van der Waals surface area contributed by atoms with E-state index in [0.717, 1.165) is 27.8 Å². The van der Waals surface area contributed by atoms with Crippen LogP contribution in [0.25, 0.3) is 0 Å². The van der Waals surface area contributed by atoms with Crippen molar-refractivity contribution in [2.24, 2.45) is 5.73 Å². The Labute approximate surface area is 131 Å². The molecule has 0 bridgehead atoms. The molecule has 0 radical (unpaired) electrons. The largest absolute Gasteiger partial charge is 0.398 e. The standard InChI is InChI=1S/C18H23N3O/c1-11-5-12(2)18(21)15(6-11)9-16(22)8-14-7-13(10-19)3-4-17(14)20/h3-7H,8-10,19-21H2,1-2H3. The summed E-state index contributed by atoms with van der Waals surface area (Å²) in [5.41, 5.74) is 23.8. The van der Waals surface area contributed by atoms with Crippen molar-refractivity contribution in [3.8, 4) is 0 Å². The normalized spacial score (nSPS) is 10.7. The molecule has 2 aromatic carbocycles. The SMILES string of the molecule is Cc1cc(C)c(N)c(CC(=O)Cc2cc(CN)ccc2N)c1. The number of hydrogen-bond donors (Lipinski definition) is 3. The molecule has 0 amide bonds. The van der Waals surface area contributed by atoms with Gasteiger partial charge in [0, 0.05) is 30.8 Å². The van der Waals surface area contributed by atoms with E-state index in [1.807, 2.05) is 38.1 Å². The summed E-state index contributed by atoms with van der Waals surface area (Å²) in [5, 5.41) is 0. The van der Waals surface area contributed by atoms with Gasteiger partial charge >= 0.3 is 0 Å². The maximum Gasteiger partial charge on any atom is 0.141 e. The Morgan fingerprint density at radius 2 is 1.68 bits per heavy atom. The first-order valence-electron chi connectivity index (χ1n) is 7.35.